The molecule has 0 amide bonds. The maximum atomic E-state index is 7.33. The molecule has 3 heteroatoms. The molecule has 354 valence electrons. The van der Waals surface area contributed by atoms with Gasteiger partial charge in [0.05, 0.1) is 5.69 Å². The third-order valence-corrected chi connectivity index (χ3v) is 14.9. The Balaban J connectivity index is 1.22. The van der Waals surface area contributed by atoms with E-state index >= 15 is 0 Å². The monoisotopic (exact) mass is 919 g/mol. The number of benzene rings is 8. The SMILES string of the molecule is CC(C)(C)c1ccc(N(c2ccc(C(C)(C)C)cc2)c2ccc3c(c2)C(C)(C)c2cc(N(c4ccc(C(C)(C)C)cc4)c4ccc(C(C)(C)C)cc4)c4oc5cc(-c6ccccc6)ccc5c4c2-3)cc1. The summed E-state index contributed by atoms with van der Waals surface area (Å²) in [6, 6.07) is 63.7. The summed E-state index contributed by atoms with van der Waals surface area (Å²) in [6.07, 6.45) is 0. The Morgan fingerprint density at radius 3 is 1.26 bits per heavy atom. The minimum Gasteiger partial charge on any atom is -0.454 e. The molecule has 0 spiro atoms. The summed E-state index contributed by atoms with van der Waals surface area (Å²) < 4.78 is 7.33. The highest BCUT2D eigenvalue weighted by molar-refractivity contribution is 6.19. The zero-order valence-electron chi connectivity index (χ0n) is 44.0. The summed E-state index contributed by atoms with van der Waals surface area (Å²) in [7, 11) is 0. The highest BCUT2D eigenvalue weighted by Crippen LogP contribution is 2.58. The van der Waals surface area contributed by atoms with E-state index in [9.17, 15) is 0 Å². The largest absolute Gasteiger partial charge is 0.454 e. The highest BCUT2D eigenvalue weighted by atomic mass is 16.3. The van der Waals surface area contributed by atoms with Gasteiger partial charge in [0, 0.05) is 44.6 Å². The normalized spacial score (nSPS) is 13.7. The van der Waals surface area contributed by atoms with Crippen LogP contribution in [0.3, 0.4) is 0 Å². The fraction of sp³-hybridized carbons (Fsp3) is 0.284. The van der Waals surface area contributed by atoms with Crippen molar-refractivity contribution in [2.75, 3.05) is 9.80 Å². The molecule has 10 rings (SSSR count). The number of furan rings is 1. The molecule has 3 nitrogen and oxygen atoms in total. The average Bonchev–Trinajstić information content (AvgIpc) is 3.80. The molecular weight excluding hydrogens is 849 g/mol. The Hall–Kier alpha value is -6.84. The van der Waals surface area contributed by atoms with Crippen LogP contribution >= 0.6 is 0 Å². The first-order valence-electron chi connectivity index (χ1n) is 25.2. The van der Waals surface area contributed by atoms with Gasteiger partial charge in [-0.3, -0.25) is 0 Å². The molecule has 0 atom stereocenters. The van der Waals surface area contributed by atoms with Crippen LogP contribution in [0.1, 0.15) is 130 Å². The van der Waals surface area contributed by atoms with Gasteiger partial charge in [0.1, 0.15) is 5.58 Å². The minimum atomic E-state index is -0.368. The molecule has 70 heavy (non-hydrogen) atoms. The third-order valence-electron chi connectivity index (χ3n) is 14.9. The molecule has 0 N–H and O–H groups in total. The number of anilines is 6. The fourth-order valence-corrected chi connectivity index (χ4v) is 10.6. The maximum Gasteiger partial charge on any atom is 0.160 e. The molecule has 0 bridgehead atoms. The molecule has 1 heterocycles. The van der Waals surface area contributed by atoms with Gasteiger partial charge in [-0.2, -0.15) is 0 Å². The first-order chi connectivity index (χ1) is 33.0. The van der Waals surface area contributed by atoms with Gasteiger partial charge in [-0.15, -0.1) is 0 Å². The van der Waals surface area contributed by atoms with Crippen LogP contribution in [0.15, 0.2) is 174 Å². The van der Waals surface area contributed by atoms with E-state index in [0.29, 0.717) is 0 Å². The van der Waals surface area contributed by atoms with Gasteiger partial charge in [-0.25, -0.2) is 0 Å². The number of hydrogen-bond donors (Lipinski definition) is 0. The third kappa shape index (κ3) is 8.31. The van der Waals surface area contributed by atoms with E-state index in [-0.39, 0.29) is 27.1 Å². The van der Waals surface area contributed by atoms with E-state index in [1.54, 1.807) is 0 Å². The van der Waals surface area contributed by atoms with Gasteiger partial charge in [-0.05, 0) is 156 Å². The Morgan fingerprint density at radius 1 is 0.386 bits per heavy atom. The predicted octanol–water partition coefficient (Wildman–Crippen LogP) is 19.7. The van der Waals surface area contributed by atoms with Gasteiger partial charge < -0.3 is 14.2 Å². The molecule has 0 radical (unpaired) electrons. The van der Waals surface area contributed by atoms with E-state index in [4.69, 9.17) is 4.42 Å². The molecule has 1 aromatic heterocycles. The van der Waals surface area contributed by atoms with Crippen LogP contribution in [-0.4, -0.2) is 0 Å². The number of rotatable bonds is 7. The van der Waals surface area contributed by atoms with Gasteiger partial charge in [0.15, 0.2) is 5.58 Å². The standard InChI is InChI=1S/C67H70N2O/c1-63(2,3)45-21-29-49(30-22-45)68(50-31-23-46(24-32-50)64(4,5)6)53-37-39-54-56(41-53)67(13,14)57-42-58(62-61(60(54)57)55-38-20-44(40-59(55)70-62)43-18-16-15-17-19-43)69(51-33-25-47(26-34-51)65(7,8)9)52-35-27-48(28-36-52)66(10,11)12/h15-42H,1-14H3. The summed E-state index contributed by atoms with van der Waals surface area (Å²) in [4.78, 5) is 4.86. The number of hydrogen-bond acceptors (Lipinski definition) is 3. The molecule has 9 aromatic rings. The first-order valence-corrected chi connectivity index (χ1v) is 25.2. The lowest BCUT2D eigenvalue weighted by atomic mass is 9.81. The lowest BCUT2D eigenvalue weighted by Gasteiger charge is -2.30. The van der Waals surface area contributed by atoms with Gasteiger partial charge in [0.25, 0.3) is 0 Å². The van der Waals surface area contributed by atoms with Crippen molar-refractivity contribution >= 4 is 56.1 Å². The van der Waals surface area contributed by atoms with Crippen molar-refractivity contribution in [3.05, 3.63) is 203 Å². The number of fused-ring (bicyclic) bond motifs is 7. The topological polar surface area (TPSA) is 19.6 Å². The van der Waals surface area contributed by atoms with Crippen molar-refractivity contribution in [2.24, 2.45) is 0 Å². The number of nitrogens with zero attached hydrogens (tertiary/aromatic N) is 2. The van der Waals surface area contributed by atoms with E-state index < -0.39 is 0 Å². The van der Waals surface area contributed by atoms with Crippen molar-refractivity contribution in [3.8, 4) is 22.3 Å². The van der Waals surface area contributed by atoms with Crippen LogP contribution < -0.4 is 9.80 Å². The van der Waals surface area contributed by atoms with E-state index in [1.165, 1.54) is 50.1 Å². The summed E-state index contributed by atoms with van der Waals surface area (Å²) in [5, 5.41) is 2.27. The highest BCUT2D eigenvalue weighted by Gasteiger charge is 2.40. The van der Waals surface area contributed by atoms with Crippen LogP contribution in [-0.2, 0) is 27.1 Å². The molecule has 0 fully saturated rings. The van der Waals surface area contributed by atoms with Crippen molar-refractivity contribution in [2.45, 2.75) is 124 Å². The Morgan fingerprint density at radius 2 is 0.814 bits per heavy atom. The summed E-state index contributed by atoms with van der Waals surface area (Å²) >= 11 is 0. The molecule has 0 saturated carbocycles. The maximum absolute atomic E-state index is 7.33. The molecule has 1 aliphatic carbocycles. The van der Waals surface area contributed by atoms with Crippen molar-refractivity contribution in [1.82, 2.24) is 0 Å². The summed E-state index contributed by atoms with van der Waals surface area (Å²) in [5.41, 5.74) is 20.7. The lowest BCUT2D eigenvalue weighted by molar-refractivity contribution is 0.590. The molecule has 1 aliphatic rings. The van der Waals surface area contributed by atoms with Crippen LogP contribution in [0.25, 0.3) is 44.2 Å². The van der Waals surface area contributed by atoms with Crippen LogP contribution in [0.2, 0.25) is 0 Å². The van der Waals surface area contributed by atoms with Crippen LogP contribution in [0, 0.1) is 0 Å². The smallest absolute Gasteiger partial charge is 0.160 e. The van der Waals surface area contributed by atoms with E-state index in [2.05, 4.69) is 277 Å². The molecule has 0 saturated heterocycles. The van der Waals surface area contributed by atoms with Crippen LogP contribution in [0.5, 0.6) is 0 Å². The van der Waals surface area contributed by atoms with Gasteiger partial charge in [0.2, 0.25) is 0 Å². The zero-order chi connectivity index (χ0) is 49.7. The predicted molar refractivity (Wildman–Crippen MR) is 301 cm³/mol. The Labute approximate surface area is 417 Å². The van der Waals surface area contributed by atoms with E-state index in [1.807, 2.05) is 0 Å². The Bertz CT molecular complexity index is 3260. The van der Waals surface area contributed by atoms with Crippen LogP contribution in [0.4, 0.5) is 34.1 Å². The molecule has 0 aliphatic heterocycles. The van der Waals surface area contributed by atoms with Crippen molar-refractivity contribution < 1.29 is 4.42 Å². The van der Waals surface area contributed by atoms with Gasteiger partial charge in [-0.1, -0.05) is 188 Å². The second kappa shape index (κ2) is 16.7. The minimum absolute atomic E-state index is 0.0176. The first kappa shape index (κ1) is 46.9. The lowest BCUT2D eigenvalue weighted by Crippen LogP contribution is -2.18. The molecule has 8 aromatic carbocycles. The zero-order valence-corrected chi connectivity index (χ0v) is 44.0. The second-order valence-electron chi connectivity index (χ2n) is 24.4. The van der Waals surface area contributed by atoms with Gasteiger partial charge >= 0.3 is 0 Å². The summed E-state index contributed by atoms with van der Waals surface area (Å²) in [6.45, 7) is 32.2. The quantitative estimate of drug-likeness (QED) is 0.159. The summed E-state index contributed by atoms with van der Waals surface area (Å²) in [5.74, 6) is 0. The molecular formula is C67H70N2O. The van der Waals surface area contributed by atoms with Crippen molar-refractivity contribution in [1.29, 1.82) is 0 Å². The van der Waals surface area contributed by atoms with Crippen molar-refractivity contribution in [3.63, 3.8) is 0 Å². The fourth-order valence-electron chi connectivity index (χ4n) is 10.6. The Kier molecular flexibility index (Phi) is 11.2. The second-order valence-corrected chi connectivity index (χ2v) is 24.4. The van der Waals surface area contributed by atoms with E-state index in [0.717, 1.165) is 61.6 Å². The average molecular weight is 919 g/mol. The molecule has 0 unspecified atom stereocenters.